The fourth-order valence-corrected chi connectivity index (χ4v) is 2.95. The molecule has 0 saturated carbocycles. The highest BCUT2D eigenvalue weighted by molar-refractivity contribution is 6.68. The minimum absolute atomic E-state index is 0.265. The molecule has 19 heavy (non-hydrogen) atoms. The summed E-state index contributed by atoms with van der Waals surface area (Å²) in [7, 11) is 0. The zero-order valence-electron chi connectivity index (χ0n) is 10.8. The number of aryl methyl sites for hydroxylation is 2. The van der Waals surface area contributed by atoms with Crippen LogP contribution >= 0.6 is 34.8 Å². The van der Waals surface area contributed by atoms with Crippen molar-refractivity contribution in [1.29, 1.82) is 0 Å². The molecule has 0 radical (unpaired) electrons. The van der Waals surface area contributed by atoms with E-state index in [1.54, 1.807) is 0 Å². The fraction of sp³-hybridized carbons (Fsp3) is 0.250. The van der Waals surface area contributed by atoms with E-state index in [9.17, 15) is 0 Å². The lowest BCUT2D eigenvalue weighted by molar-refractivity contribution is 0.830. The molecule has 0 amide bonds. The van der Waals surface area contributed by atoms with Gasteiger partial charge in [-0.2, -0.15) is 0 Å². The molecular weight excluding hydrogens is 299 g/mol. The first kappa shape index (κ1) is 14.7. The Balaban J connectivity index is 2.55. The molecule has 0 spiro atoms. The van der Waals surface area contributed by atoms with Gasteiger partial charge in [-0.15, -0.1) is 0 Å². The van der Waals surface area contributed by atoms with E-state index < -0.39 is 3.79 Å². The molecule has 0 nitrogen and oxygen atoms in total. The first-order valence-corrected chi connectivity index (χ1v) is 7.22. The van der Waals surface area contributed by atoms with Gasteiger partial charge >= 0.3 is 0 Å². The predicted molar refractivity (Wildman–Crippen MR) is 84.5 cm³/mol. The Morgan fingerprint density at radius 1 is 0.842 bits per heavy atom. The van der Waals surface area contributed by atoms with Crippen LogP contribution in [0.3, 0.4) is 0 Å². The molecule has 0 heterocycles. The van der Waals surface area contributed by atoms with E-state index in [1.807, 2.05) is 62.4 Å². The van der Waals surface area contributed by atoms with Crippen LogP contribution in [0.1, 0.15) is 28.2 Å². The molecule has 0 fully saturated rings. The first-order valence-electron chi connectivity index (χ1n) is 6.08. The van der Waals surface area contributed by atoms with Gasteiger partial charge in [0.05, 0.1) is 5.92 Å². The maximum Gasteiger partial charge on any atom is 0.201 e. The second-order valence-electron chi connectivity index (χ2n) is 4.74. The summed E-state index contributed by atoms with van der Waals surface area (Å²) in [5, 5.41) is 0. The van der Waals surface area contributed by atoms with Gasteiger partial charge in [-0.25, -0.2) is 0 Å². The lowest BCUT2D eigenvalue weighted by Crippen LogP contribution is -2.19. The summed E-state index contributed by atoms with van der Waals surface area (Å²) in [5.41, 5.74) is 4.38. The second-order valence-corrected chi connectivity index (χ2v) is 7.11. The van der Waals surface area contributed by atoms with E-state index in [0.717, 1.165) is 16.7 Å². The third-order valence-electron chi connectivity index (χ3n) is 3.24. The van der Waals surface area contributed by atoms with Gasteiger partial charge in [0, 0.05) is 0 Å². The van der Waals surface area contributed by atoms with Gasteiger partial charge in [-0.3, -0.25) is 0 Å². The fourth-order valence-electron chi connectivity index (χ4n) is 2.21. The Morgan fingerprint density at radius 2 is 1.42 bits per heavy atom. The SMILES string of the molecule is Cc1ccc([C@H](c2ccccc2C)C(Cl)(Cl)Cl)cc1. The van der Waals surface area contributed by atoms with Crippen molar-refractivity contribution in [1.82, 2.24) is 0 Å². The summed E-state index contributed by atoms with van der Waals surface area (Å²) in [6.45, 7) is 4.08. The van der Waals surface area contributed by atoms with Crippen molar-refractivity contribution in [3.8, 4) is 0 Å². The van der Waals surface area contributed by atoms with Gasteiger partial charge in [-0.1, -0.05) is 88.9 Å². The normalized spacial score (nSPS) is 13.3. The second kappa shape index (κ2) is 5.75. The summed E-state index contributed by atoms with van der Waals surface area (Å²) in [5.74, 6) is -0.265. The van der Waals surface area contributed by atoms with Crippen LogP contribution in [0, 0.1) is 13.8 Å². The van der Waals surface area contributed by atoms with Gasteiger partial charge in [-0.05, 0) is 30.5 Å². The van der Waals surface area contributed by atoms with E-state index in [2.05, 4.69) is 0 Å². The van der Waals surface area contributed by atoms with E-state index >= 15 is 0 Å². The van der Waals surface area contributed by atoms with Crippen LogP contribution in [0.5, 0.6) is 0 Å². The van der Waals surface area contributed by atoms with Crippen LogP contribution in [-0.4, -0.2) is 3.79 Å². The molecule has 100 valence electrons. The third-order valence-corrected chi connectivity index (χ3v) is 3.89. The summed E-state index contributed by atoms with van der Waals surface area (Å²) in [6, 6.07) is 16.1. The molecule has 2 aromatic rings. The minimum Gasteiger partial charge on any atom is -0.0826 e. The van der Waals surface area contributed by atoms with Crippen molar-refractivity contribution in [3.63, 3.8) is 0 Å². The molecule has 0 N–H and O–H groups in total. The molecule has 0 aliphatic heterocycles. The van der Waals surface area contributed by atoms with Crippen LogP contribution in [-0.2, 0) is 0 Å². The molecule has 0 aliphatic carbocycles. The number of rotatable bonds is 2. The molecule has 0 unspecified atom stereocenters. The van der Waals surface area contributed by atoms with E-state index in [1.165, 1.54) is 5.56 Å². The first-order chi connectivity index (χ1) is 8.89. The smallest absolute Gasteiger partial charge is 0.0826 e. The van der Waals surface area contributed by atoms with Gasteiger partial charge in [0.1, 0.15) is 0 Å². The summed E-state index contributed by atoms with van der Waals surface area (Å²) < 4.78 is -1.37. The molecule has 2 rings (SSSR count). The van der Waals surface area contributed by atoms with Crippen LogP contribution in [0.4, 0.5) is 0 Å². The number of hydrogen-bond donors (Lipinski definition) is 0. The molecule has 0 bridgehead atoms. The highest BCUT2D eigenvalue weighted by atomic mass is 35.6. The van der Waals surface area contributed by atoms with Crippen LogP contribution in [0.15, 0.2) is 48.5 Å². The van der Waals surface area contributed by atoms with Crippen LogP contribution in [0.25, 0.3) is 0 Å². The predicted octanol–water partition coefficient (Wildman–Crippen LogP) is 5.81. The van der Waals surface area contributed by atoms with Crippen molar-refractivity contribution < 1.29 is 0 Å². The summed E-state index contributed by atoms with van der Waals surface area (Å²) in [6.07, 6.45) is 0. The third kappa shape index (κ3) is 3.45. The average molecular weight is 314 g/mol. The molecule has 0 aliphatic rings. The van der Waals surface area contributed by atoms with E-state index in [4.69, 9.17) is 34.8 Å². The molecular formula is C16H15Cl3. The van der Waals surface area contributed by atoms with Crippen molar-refractivity contribution >= 4 is 34.8 Å². The van der Waals surface area contributed by atoms with Crippen molar-refractivity contribution in [2.24, 2.45) is 0 Å². The minimum atomic E-state index is -1.37. The maximum atomic E-state index is 6.21. The Kier molecular flexibility index (Phi) is 4.45. The molecule has 1 atom stereocenters. The van der Waals surface area contributed by atoms with E-state index in [0.29, 0.717) is 0 Å². The molecule has 0 aromatic heterocycles. The van der Waals surface area contributed by atoms with Gasteiger partial charge < -0.3 is 0 Å². The van der Waals surface area contributed by atoms with Gasteiger partial charge in [0.2, 0.25) is 3.79 Å². The number of hydrogen-bond acceptors (Lipinski definition) is 0. The summed E-state index contributed by atoms with van der Waals surface area (Å²) >= 11 is 18.6. The quantitative estimate of drug-likeness (QED) is 0.614. The van der Waals surface area contributed by atoms with Crippen molar-refractivity contribution in [2.75, 3.05) is 0 Å². The highest BCUT2D eigenvalue weighted by Crippen LogP contribution is 2.46. The summed E-state index contributed by atoms with van der Waals surface area (Å²) in [4.78, 5) is 0. The molecule has 3 heteroatoms. The Morgan fingerprint density at radius 3 is 1.95 bits per heavy atom. The zero-order valence-corrected chi connectivity index (χ0v) is 13.1. The zero-order chi connectivity index (χ0) is 14.0. The van der Waals surface area contributed by atoms with E-state index in [-0.39, 0.29) is 5.92 Å². The number of benzene rings is 2. The van der Waals surface area contributed by atoms with Gasteiger partial charge in [0.25, 0.3) is 0 Å². The Labute approximate surface area is 129 Å². The molecule has 0 saturated heterocycles. The van der Waals surface area contributed by atoms with Gasteiger partial charge in [0.15, 0.2) is 0 Å². The average Bonchev–Trinajstić information content (AvgIpc) is 2.33. The lowest BCUT2D eigenvalue weighted by Gasteiger charge is -2.27. The largest absolute Gasteiger partial charge is 0.201 e. The standard InChI is InChI=1S/C16H15Cl3/c1-11-7-9-13(10-8-11)15(16(17,18)19)14-6-4-3-5-12(14)2/h3-10,15H,1-2H3/t15-/m1/s1. The van der Waals surface area contributed by atoms with Crippen molar-refractivity contribution in [2.45, 2.75) is 23.6 Å². The number of halogens is 3. The molecule has 2 aromatic carbocycles. The lowest BCUT2D eigenvalue weighted by atomic mass is 9.89. The topological polar surface area (TPSA) is 0 Å². The Bertz CT molecular complexity index is 553. The number of alkyl halides is 3. The Hall–Kier alpha value is -0.690. The van der Waals surface area contributed by atoms with Crippen molar-refractivity contribution in [3.05, 3.63) is 70.8 Å². The van der Waals surface area contributed by atoms with Crippen LogP contribution < -0.4 is 0 Å². The monoisotopic (exact) mass is 312 g/mol. The maximum absolute atomic E-state index is 6.21. The van der Waals surface area contributed by atoms with Crippen LogP contribution in [0.2, 0.25) is 0 Å². The highest BCUT2D eigenvalue weighted by Gasteiger charge is 2.35.